The molecule has 28 heavy (non-hydrogen) atoms. The SMILES string of the molecule is CC(=O)OCC1=C(C(=O)O)N2C(=O)C(NC(=O)Cc3ccccc3C)C2SC1. The smallest absolute Gasteiger partial charge is 0.352 e. The van der Waals surface area contributed by atoms with Crippen molar-refractivity contribution in [1.29, 1.82) is 0 Å². The van der Waals surface area contributed by atoms with Gasteiger partial charge in [0.15, 0.2) is 0 Å². The molecule has 1 aromatic rings. The van der Waals surface area contributed by atoms with Gasteiger partial charge in [-0.25, -0.2) is 4.79 Å². The normalized spacial score (nSPS) is 20.9. The summed E-state index contributed by atoms with van der Waals surface area (Å²) in [7, 11) is 0. The predicted molar refractivity (Wildman–Crippen MR) is 101 cm³/mol. The Balaban J connectivity index is 1.69. The minimum absolute atomic E-state index is 0.146. The Bertz CT molecular complexity index is 881. The lowest BCUT2D eigenvalue weighted by molar-refractivity contribution is -0.151. The Labute approximate surface area is 165 Å². The lowest BCUT2D eigenvalue weighted by Crippen LogP contribution is -2.70. The summed E-state index contributed by atoms with van der Waals surface area (Å²) in [6, 6.07) is 6.72. The number of aliphatic carboxylic acids is 1. The topological polar surface area (TPSA) is 113 Å². The van der Waals surface area contributed by atoms with Crippen LogP contribution in [0.15, 0.2) is 35.5 Å². The fraction of sp³-hybridized carbons (Fsp3) is 0.368. The first-order valence-electron chi connectivity index (χ1n) is 8.66. The minimum Gasteiger partial charge on any atom is -0.477 e. The fourth-order valence-electron chi connectivity index (χ4n) is 3.19. The first-order valence-corrected chi connectivity index (χ1v) is 9.71. The number of esters is 1. The zero-order valence-corrected chi connectivity index (χ0v) is 16.2. The zero-order valence-electron chi connectivity index (χ0n) is 15.4. The number of carboxylic acid groups (broad SMARTS) is 1. The highest BCUT2D eigenvalue weighted by molar-refractivity contribution is 8.00. The first-order chi connectivity index (χ1) is 13.3. The number of hydrogen-bond donors (Lipinski definition) is 2. The molecule has 0 bridgehead atoms. The molecule has 2 unspecified atom stereocenters. The van der Waals surface area contributed by atoms with Gasteiger partial charge in [0.1, 0.15) is 23.7 Å². The van der Waals surface area contributed by atoms with Crippen LogP contribution < -0.4 is 5.32 Å². The van der Waals surface area contributed by atoms with Gasteiger partial charge in [0.05, 0.1) is 6.42 Å². The van der Waals surface area contributed by atoms with Crippen molar-refractivity contribution in [3.63, 3.8) is 0 Å². The van der Waals surface area contributed by atoms with E-state index in [9.17, 15) is 24.3 Å². The molecule has 1 fully saturated rings. The van der Waals surface area contributed by atoms with Crippen molar-refractivity contribution < 1.29 is 29.0 Å². The van der Waals surface area contributed by atoms with Crippen LogP contribution in [0.5, 0.6) is 0 Å². The maximum Gasteiger partial charge on any atom is 0.352 e. The van der Waals surface area contributed by atoms with Crippen LogP contribution in [-0.4, -0.2) is 57.5 Å². The van der Waals surface area contributed by atoms with E-state index in [2.05, 4.69) is 5.32 Å². The van der Waals surface area contributed by atoms with E-state index >= 15 is 0 Å². The maximum absolute atomic E-state index is 12.5. The molecular formula is C19H20N2O6S. The van der Waals surface area contributed by atoms with E-state index < -0.39 is 29.3 Å². The Morgan fingerprint density at radius 3 is 2.68 bits per heavy atom. The minimum atomic E-state index is -1.26. The van der Waals surface area contributed by atoms with Crippen molar-refractivity contribution in [2.45, 2.75) is 31.7 Å². The molecule has 0 radical (unpaired) electrons. The van der Waals surface area contributed by atoms with Gasteiger partial charge in [-0.15, -0.1) is 11.8 Å². The molecule has 1 aromatic carbocycles. The number of fused-ring (bicyclic) bond motifs is 1. The number of carboxylic acids is 1. The lowest BCUT2D eigenvalue weighted by atomic mass is 10.0. The number of carbonyl (C=O) groups excluding carboxylic acids is 3. The third-order valence-corrected chi connectivity index (χ3v) is 5.97. The van der Waals surface area contributed by atoms with Gasteiger partial charge in [-0.3, -0.25) is 19.3 Å². The van der Waals surface area contributed by atoms with Crippen molar-refractivity contribution in [2.75, 3.05) is 12.4 Å². The largest absolute Gasteiger partial charge is 0.477 e. The number of β-lactam (4-membered cyclic amide) rings is 1. The molecule has 2 aliphatic rings. The highest BCUT2D eigenvalue weighted by atomic mass is 32.2. The van der Waals surface area contributed by atoms with E-state index in [-0.39, 0.29) is 24.6 Å². The molecule has 0 saturated carbocycles. The van der Waals surface area contributed by atoms with Crippen molar-refractivity contribution in [1.82, 2.24) is 10.2 Å². The van der Waals surface area contributed by atoms with Crippen LogP contribution in [0.1, 0.15) is 18.1 Å². The molecule has 0 spiro atoms. The van der Waals surface area contributed by atoms with E-state index in [4.69, 9.17) is 4.74 Å². The molecule has 2 N–H and O–H groups in total. The van der Waals surface area contributed by atoms with Gasteiger partial charge >= 0.3 is 11.9 Å². The monoisotopic (exact) mass is 404 g/mol. The van der Waals surface area contributed by atoms with Crippen LogP contribution in [0.3, 0.4) is 0 Å². The highest BCUT2D eigenvalue weighted by Crippen LogP contribution is 2.40. The quantitative estimate of drug-likeness (QED) is 0.534. The Morgan fingerprint density at radius 1 is 1.32 bits per heavy atom. The second kappa shape index (κ2) is 8.05. The first kappa shape index (κ1) is 19.9. The Kier molecular flexibility index (Phi) is 5.73. The van der Waals surface area contributed by atoms with E-state index in [0.29, 0.717) is 11.3 Å². The summed E-state index contributed by atoms with van der Waals surface area (Å²) in [6.07, 6.45) is 0.146. The second-order valence-electron chi connectivity index (χ2n) is 6.60. The van der Waals surface area contributed by atoms with Crippen LogP contribution in [0.25, 0.3) is 0 Å². The van der Waals surface area contributed by atoms with Gasteiger partial charge < -0.3 is 15.2 Å². The third kappa shape index (κ3) is 3.89. The number of ether oxygens (including phenoxy) is 1. The van der Waals surface area contributed by atoms with E-state index in [1.807, 2.05) is 31.2 Å². The van der Waals surface area contributed by atoms with E-state index in [1.165, 1.54) is 18.7 Å². The highest BCUT2D eigenvalue weighted by Gasteiger charge is 2.54. The van der Waals surface area contributed by atoms with Crippen LogP contribution in [0.2, 0.25) is 0 Å². The molecule has 148 valence electrons. The van der Waals surface area contributed by atoms with Gasteiger partial charge in [0, 0.05) is 18.2 Å². The van der Waals surface area contributed by atoms with Crippen LogP contribution >= 0.6 is 11.8 Å². The van der Waals surface area contributed by atoms with Crippen molar-refractivity contribution in [3.05, 3.63) is 46.7 Å². The van der Waals surface area contributed by atoms with Gasteiger partial charge in [-0.05, 0) is 18.1 Å². The number of carbonyl (C=O) groups is 4. The summed E-state index contributed by atoms with van der Waals surface area (Å²) < 4.78 is 4.89. The molecule has 8 nitrogen and oxygen atoms in total. The zero-order chi connectivity index (χ0) is 20.4. The third-order valence-electron chi connectivity index (χ3n) is 4.63. The summed E-state index contributed by atoms with van der Waals surface area (Å²) in [5.74, 6) is -2.26. The molecular weight excluding hydrogens is 384 g/mol. The molecule has 9 heteroatoms. The van der Waals surface area contributed by atoms with Crippen molar-refractivity contribution in [2.24, 2.45) is 0 Å². The Morgan fingerprint density at radius 2 is 2.04 bits per heavy atom. The summed E-state index contributed by atoms with van der Waals surface area (Å²) in [4.78, 5) is 48.7. The van der Waals surface area contributed by atoms with Gasteiger partial charge in [-0.2, -0.15) is 0 Å². The van der Waals surface area contributed by atoms with Gasteiger partial charge in [0.2, 0.25) is 5.91 Å². The lowest BCUT2D eigenvalue weighted by Gasteiger charge is -2.49. The number of nitrogens with zero attached hydrogens (tertiary/aromatic N) is 1. The number of benzene rings is 1. The predicted octanol–water partition coefficient (Wildman–Crippen LogP) is 0.839. The molecule has 2 heterocycles. The summed E-state index contributed by atoms with van der Waals surface area (Å²) >= 11 is 1.34. The second-order valence-corrected chi connectivity index (χ2v) is 7.70. The molecule has 2 aliphatic heterocycles. The summed E-state index contributed by atoms with van der Waals surface area (Å²) in [5, 5.41) is 11.7. The molecule has 0 aromatic heterocycles. The maximum atomic E-state index is 12.5. The molecule has 1 saturated heterocycles. The molecule has 0 aliphatic carbocycles. The van der Waals surface area contributed by atoms with Gasteiger partial charge in [-0.1, -0.05) is 24.3 Å². The number of hydrogen-bond acceptors (Lipinski definition) is 6. The van der Waals surface area contributed by atoms with E-state index in [1.54, 1.807) is 0 Å². The summed E-state index contributed by atoms with van der Waals surface area (Å²) in [6.45, 7) is 2.96. The average Bonchev–Trinajstić information content (AvgIpc) is 2.65. The molecule has 3 rings (SSSR count). The van der Waals surface area contributed by atoms with Crippen LogP contribution in [0, 0.1) is 6.92 Å². The number of nitrogens with one attached hydrogen (secondary N) is 1. The van der Waals surface area contributed by atoms with Crippen molar-refractivity contribution in [3.8, 4) is 0 Å². The Hall–Kier alpha value is -2.81. The summed E-state index contributed by atoms with van der Waals surface area (Å²) in [5.41, 5.74) is 2.05. The number of aryl methyl sites for hydroxylation is 1. The van der Waals surface area contributed by atoms with Gasteiger partial charge in [0.25, 0.3) is 5.91 Å². The molecule has 2 atom stereocenters. The number of amides is 2. The number of thioether (sulfide) groups is 1. The van der Waals surface area contributed by atoms with Crippen LogP contribution in [-0.2, 0) is 30.3 Å². The molecule has 2 amide bonds. The standard InChI is InChI=1S/C19H20N2O6S/c1-10-5-3-4-6-12(10)7-14(23)20-15-17(24)21-16(19(25)26)13(8-27-11(2)22)9-28-18(15)21/h3-6,15,18H,7-9H2,1-2H3,(H,20,23)(H,25,26). The van der Waals surface area contributed by atoms with Crippen LogP contribution in [0.4, 0.5) is 0 Å². The van der Waals surface area contributed by atoms with Crippen molar-refractivity contribution >= 4 is 35.5 Å². The fourth-order valence-corrected chi connectivity index (χ4v) is 4.52. The van der Waals surface area contributed by atoms with E-state index in [0.717, 1.165) is 16.0 Å². The number of rotatable bonds is 6. The average molecular weight is 404 g/mol.